The van der Waals surface area contributed by atoms with Crippen molar-refractivity contribution in [2.24, 2.45) is 0 Å². The molecule has 1 heterocycles. The molecule has 0 aromatic heterocycles. The normalized spacial score (nSPS) is 19.0. The second-order valence-electron chi connectivity index (χ2n) is 5.83. The summed E-state index contributed by atoms with van der Waals surface area (Å²) in [5.41, 5.74) is 7.94. The number of rotatable bonds is 5. The van der Waals surface area contributed by atoms with Gasteiger partial charge in [-0.05, 0) is 24.5 Å². The third-order valence-corrected chi connectivity index (χ3v) is 4.19. The van der Waals surface area contributed by atoms with Crippen molar-refractivity contribution in [1.82, 2.24) is 9.80 Å². The molecule has 114 valence electrons. The summed E-state index contributed by atoms with van der Waals surface area (Å²) in [7, 11) is 0. The zero-order chi connectivity index (χ0) is 14.7. The van der Waals surface area contributed by atoms with Crippen LogP contribution >= 0.6 is 0 Å². The van der Waals surface area contributed by atoms with E-state index in [2.05, 4.69) is 4.90 Å². The van der Waals surface area contributed by atoms with Gasteiger partial charge in [-0.25, -0.2) is 0 Å². The quantitative estimate of drug-likeness (QED) is 0.825. The van der Waals surface area contributed by atoms with Gasteiger partial charge in [0.2, 0.25) is 5.91 Å². The van der Waals surface area contributed by atoms with Crippen LogP contribution in [0.4, 0.5) is 5.69 Å². The van der Waals surface area contributed by atoms with E-state index in [0.717, 1.165) is 17.8 Å². The molecule has 2 aliphatic rings. The Morgan fingerprint density at radius 2 is 2.00 bits per heavy atom. The molecule has 1 aliphatic carbocycles. The Morgan fingerprint density at radius 1 is 1.29 bits per heavy atom. The first-order chi connectivity index (χ1) is 10.2. The molecule has 0 spiro atoms. The largest absolute Gasteiger partial charge is 0.398 e. The first-order valence-electron chi connectivity index (χ1n) is 7.67. The maximum Gasteiger partial charge on any atom is 0.236 e. The van der Waals surface area contributed by atoms with Crippen molar-refractivity contribution in [1.29, 1.82) is 0 Å². The number of anilines is 1. The second kappa shape index (κ2) is 6.45. The molecule has 2 N–H and O–H groups in total. The van der Waals surface area contributed by atoms with Crippen LogP contribution in [0.3, 0.4) is 0 Å². The van der Waals surface area contributed by atoms with Gasteiger partial charge in [0.25, 0.3) is 0 Å². The lowest BCUT2D eigenvalue weighted by molar-refractivity contribution is -0.136. The van der Waals surface area contributed by atoms with Gasteiger partial charge in [0.05, 0.1) is 19.8 Å². The molecule has 3 rings (SSSR count). The molecule has 0 atom stereocenters. The zero-order valence-corrected chi connectivity index (χ0v) is 12.3. The topological polar surface area (TPSA) is 58.8 Å². The van der Waals surface area contributed by atoms with E-state index in [1.165, 1.54) is 12.8 Å². The van der Waals surface area contributed by atoms with Crippen LogP contribution in [0.2, 0.25) is 0 Å². The molecule has 21 heavy (non-hydrogen) atoms. The van der Waals surface area contributed by atoms with Gasteiger partial charge in [-0.1, -0.05) is 18.2 Å². The lowest BCUT2D eigenvalue weighted by atomic mass is 10.1. The average molecular weight is 289 g/mol. The van der Waals surface area contributed by atoms with Gasteiger partial charge >= 0.3 is 0 Å². The molecule has 2 fully saturated rings. The summed E-state index contributed by atoms with van der Waals surface area (Å²) in [5, 5.41) is 0. The van der Waals surface area contributed by atoms with Gasteiger partial charge in [-0.15, -0.1) is 0 Å². The Hall–Kier alpha value is -1.59. The molecule has 1 aliphatic heterocycles. The average Bonchev–Trinajstić information content (AvgIpc) is 3.34. The van der Waals surface area contributed by atoms with Crippen molar-refractivity contribution in [3.63, 3.8) is 0 Å². The van der Waals surface area contributed by atoms with E-state index in [1.54, 1.807) is 0 Å². The van der Waals surface area contributed by atoms with E-state index in [4.69, 9.17) is 10.5 Å². The van der Waals surface area contributed by atoms with Gasteiger partial charge in [0.15, 0.2) is 0 Å². The Labute approximate surface area is 125 Å². The SMILES string of the molecule is Nc1ccccc1CN(CC(=O)N1CCOCC1)C1CC1. The number of carbonyl (C=O) groups excluding carboxylic acids is 1. The first-order valence-corrected chi connectivity index (χ1v) is 7.67. The Bertz CT molecular complexity index is 496. The summed E-state index contributed by atoms with van der Waals surface area (Å²) in [5.74, 6) is 0.208. The van der Waals surface area contributed by atoms with E-state index in [1.807, 2.05) is 29.2 Å². The van der Waals surface area contributed by atoms with Crippen LogP contribution in [0.5, 0.6) is 0 Å². The molecular weight excluding hydrogens is 266 g/mol. The summed E-state index contributed by atoms with van der Waals surface area (Å²) in [6.45, 7) is 3.98. The van der Waals surface area contributed by atoms with Crippen LogP contribution in [0.25, 0.3) is 0 Å². The zero-order valence-electron chi connectivity index (χ0n) is 12.3. The fourth-order valence-corrected chi connectivity index (χ4v) is 2.74. The standard InChI is InChI=1S/C16H23N3O2/c17-15-4-2-1-3-13(15)11-19(14-5-6-14)12-16(20)18-7-9-21-10-8-18/h1-4,14H,5-12,17H2. The first kappa shape index (κ1) is 14.4. The maximum absolute atomic E-state index is 12.4. The molecule has 1 aromatic rings. The molecule has 0 bridgehead atoms. The molecule has 1 saturated heterocycles. The van der Waals surface area contributed by atoms with Crippen LogP contribution in [-0.2, 0) is 16.1 Å². The predicted molar refractivity (Wildman–Crippen MR) is 81.7 cm³/mol. The number of hydrogen-bond donors (Lipinski definition) is 1. The fourth-order valence-electron chi connectivity index (χ4n) is 2.74. The molecular formula is C16H23N3O2. The Morgan fingerprint density at radius 3 is 2.67 bits per heavy atom. The van der Waals surface area contributed by atoms with Crippen LogP contribution < -0.4 is 5.73 Å². The number of para-hydroxylation sites is 1. The summed E-state index contributed by atoms with van der Waals surface area (Å²) in [6.07, 6.45) is 2.37. The van der Waals surface area contributed by atoms with E-state index >= 15 is 0 Å². The molecule has 0 unspecified atom stereocenters. The summed E-state index contributed by atoms with van der Waals surface area (Å²) in [6, 6.07) is 8.45. The molecule has 1 amide bonds. The van der Waals surface area contributed by atoms with Crippen LogP contribution in [0.15, 0.2) is 24.3 Å². The van der Waals surface area contributed by atoms with Crippen molar-refractivity contribution >= 4 is 11.6 Å². The third kappa shape index (κ3) is 3.74. The lowest BCUT2D eigenvalue weighted by Crippen LogP contribution is -2.46. The summed E-state index contributed by atoms with van der Waals surface area (Å²) in [4.78, 5) is 16.6. The minimum Gasteiger partial charge on any atom is -0.398 e. The van der Waals surface area contributed by atoms with E-state index in [0.29, 0.717) is 38.9 Å². The van der Waals surface area contributed by atoms with Crippen molar-refractivity contribution in [3.8, 4) is 0 Å². The Balaban J connectivity index is 1.62. The molecule has 5 heteroatoms. The van der Waals surface area contributed by atoms with Gasteiger partial charge in [0, 0.05) is 31.4 Å². The highest BCUT2D eigenvalue weighted by atomic mass is 16.5. The second-order valence-corrected chi connectivity index (χ2v) is 5.83. The van der Waals surface area contributed by atoms with Crippen molar-refractivity contribution in [2.45, 2.75) is 25.4 Å². The van der Waals surface area contributed by atoms with Crippen LogP contribution in [0, 0.1) is 0 Å². The van der Waals surface area contributed by atoms with E-state index in [9.17, 15) is 4.79 Å². The minimum absolute atomic E-state index is 0.208. The number of benzene rings is 1. The number of nitrogens with two attached hydrogens (primary N) is 1. The number of morpholine rings is 1. The van der Waals surface area contributed by atoms with Crippen LogP contribution in [0.1, 0.15) is 18.4 Å². The summed E-state index contributed by atoms with van der Waals surface area (Å²) >= 11 is 0. The van der Waals surface area contributed by atoms with Gasteiger partial charge in [-0.3, -0.25) is 9.69 Å². The molecule has 1 aromatic carbocycles. The van der Waals surface area contributed by atoms with Crippen molar-refractivity contribution < 1.29 is 9.53 Å². The highest BCUT2D eigenvalue weighted by Crippen LogP contribution is 2.29. The number of nitrogens with zero attached hydrogens (tertiary/aromatic N) is 2. The highest BCUT2D eigenvalue weighted by Gasteiger charge is 2.31. The van der Waals surface area contributed by atoms with Gasteiger partial charge in [-0.2, -0.15) is 0 Å². The van der Waals surface area contributed by atoms with E-state index < -0.39 is 0 Å². The minimum atomic E-state index is 0.208. The molecule has 1 saturated carbocycles. The third-order valence-electron chi connectivity index (χ3n) is 4.19. The Kier molecular flexibility index (Phi) is 4.41. The van der Waals surface area contributed by atoms with Crippen LogP contribution in [-0.4, -0.2) is 54.6 Å². The van der Waals surface area contributed by atoms with E-state index in [-0.39, 0.29) is 5.91 Å². The number of amides is 1. The molecule has 5 nitrogen and oxygen atoms in total. The monoisotopic (exact) mass is 289 g/mol. The van der Waals surface area contributed by atoms with Crippen molar-refractivity contribution in [2.75, 3.05) is 38.6 Å². The number of ether oxygens (including phenoxy) is 1. The van der Waals surface area contributed by atoms with Gasteiger partial charge < -0.3 is 15.4 Å². The lowest BCUT2D eigenvalue weighted by Gasteiger charge is -2.30. The number of hydrogen-bond acceptors (Lipinski definition) is 4. The fraction of sp³-hybridized carbons (Fsp3) is 0.562. The highest BCUT2D eigenvalue weighted by molar-refractivity contribution is 5.78. The smallest absolute Gasteiger partial charge is 0.236 e. The summed E-state index contributed by atoms with van der Waals surface area (Å²) < 4.78 is 5.30. The number of carbonyl (C=O) groups is 1. The molecule has 0 radical (unpaired) electrons. The van der Waals surface area contributed by atoms with Gasteiger partial charge in [0.1, 0.15) is 0 Å². The number of nitrogen functional groups attached to an aromatic ring is 1. The maximum atomic E-state index is 12.4. The van der Waals surface area contributed by atoms with Crippen molar-refractivity contribution in [3.05, 3.63) is 29.8 Å². The predicted octanol–water partition coefficient (Wildman–Crippen LogP) is 1.09.